The van der Waals surface area contributed by atoms with Crippen molar-refractivity contribution in [3.63, 3.8) is 0 Å². The van der Waals surface area contributed by atoms with Crippen LogP contribution in [0.5, 0.6) is 0 Å². The molecule has 0 saturated heterocycles. The summed E-state index contributed by atoms with van der Waals surface area (Å²) in [5, 5.41) is 5.94. The van der Waals surface area contributed by atoms with Gasteiger partial charge in [0.15, 0.2) is 0 Å². The van der Waals surface area contributed by atoms with Gasteiger partial charge < -0.3 is 10.6 Å². The molecule has 0 aliphatic carbocycles. The van der Waals surface area contributed by atoms with Crippen LogP contribution in [0.4, 0.5) is 10.1 Å². The first-order chi connectivity index (χ1) is 13.8. The predicted molar refractivity (Wildman–Crippen MR) is 113 cm³/mol. The van der Waals surface area contributed by atoms with Crippen LogP contribution in [0.15, 0.2) is 42.5 Å². The van der Waals surface area contributed by atoms with E-state index < -0.39 is 5.82 Å². The first kappa shape index (κ1) is 20.7. The number of rotatable bonds is 6. The molecule has 2 aromatic carbocycles. The molecular weight excluding hydrogens is 389 g/mol. The van der Waals surface area contributed by atoms with Crippen molar-refractivity contribution < 1.29 is 14.0 Å². The number of thiazole rings is 1. The molecule has 2 N–H and O–H groups in total. The Morgan fingerprint density at radius 2 is 1.83 bits per heavy atom. The molecule has 0 saturated carbocycles. The Labute approximate surface area is 173 Å². The Morgan fingerprint density at radius 3 is 2.55 bits per heavy atom. The largest absolute Gasteiger partial charge is 0.347 e. The van der Waals surface area contributed by atoms with Gasteiger partial charge in [0.2, 0.25) is 5.91 Å². The average Bonchev–Trinajstić information content (AvgIpc) is 3.02. The summed E-state index contributed by atoms with van der Waals surface area (Å²) in [6, 6.07) is 12.5. The van der Waals surface area contributed by atoms with Crippen molar-refractivity contribution in [3.05, 3.63) is 80.6 Å². The van der Waals surface area contributed by atoms with E-state index in [9.17, 15) is 14.0 Å². The van der Waals surface area contributed by atoms with Gasteiger partial charge in [0.25, 0.3) is 5.91 Å². The second-order valence-electron chi connectivity index (χ2n) is 6.90. The molecule has 0 unspecified atom stereocenters. The zero-order valence-corrected chi connectivity index (χ0v) is 17.3. The third-order valence-corrected chi connectivity index (χ3v) is 5.45. The number of nitrogens with zero attached hydrogens (tertiary/aromatic N) is 1. The Balaban J connectivity index is 1.61. The molecule has 150 valence electrons. The highest BCUT2D eigenvalue weighted by molar-refractivity contribution is 7.13. The average molecular weight is 412 g/mol. The van der Waals surface area contributed by atoms with E-state index in [1.807, 2.05) is 31.2 Å². The number of hydrogen-bond donors (Lipinski definition) is 2. The van der Waals surface area contributed by atoms with Crippen molar-refractivity contribution in [3.8, 4) is 0 Å². The van der Waals surface area contributed by atoms with Crippen molar-refractivity contribution >= 4 is 28.8 Å². The van der Waals surface area contributed by atoms with Crippen molar-refractivity contribution in [2.75, 3.05) is 5.32 Å². The normalized spacial score (nSPS) is 10.6. The molecule has 0 fully saturated rings. The molecule has 5 nitrogen and oxygen atoms in total. The lowest BCUT2D eigenvalue weighted by Crippen LogP contribution is -2.22. The molecule has 7 heteroatoms. The minimum Gasteiger partial charge on any atom is -0.347 e. The Bertz CT molecular complexity index is 1060. The fraction of sp³-hybridized carbons (Fsp3) is 0.227. The lowest BCUT2D eigenvalue weighted by atomic mass is 10.1. The van der Waals surface area contributed by atoms with Gasteiger partial charge in [-0.3, -0.25) is 9.59 Å². The summed E-state index contributed by atoms with van der Waals surface area (Å²) in [6.07, 6.45) is -0.0238. The van der Waals surface area contributed by atoms with Crippen molar-refractivity contribution in [1.82, 2.24) is 10.3 Å². The smallest absolute Gasteiger partial charge is 0.263 e. The molecule has 0 aliphatic rings. The zero-order valence-electron chi connectivity index (χ0n) is 16.5. The zero-order chi connectivity index (χ0) is 21.0. The Kier molecular flexibility index (Phi) is 6.39. The third-order valence-electron chi connectivity index (χ3n) is 4.29. The van der Waals surface area contributed by atoms with Crippen molar-refractivity contribution in [1.29, 1.82) is 0 Å². The summed E-state index contributed by atoms with van der Waals surface area (Å²) in [5.41, 5.74) is 3.62. The summed E-state index contributed by atoms with van der Waals surface area (Å²) in [4.78, 5) is 29.5. The molecule has 3 aromatic rings. The fourth-order valence-corrected chi connectivity index (χ4v) is 3.86. The van der Waals surface area contributed by atoms with E-state index in [0.29, 0.717) is 22.1 Å². The number of aromatic nitrogens is 1. The number of amides is 2. The number of hydrogen-bond acceptors (Lipinski definition) is 4. The summed E-state index contributed by atoms with van der Waals surface area (Å²) in [6.45, 7) is 5.93. The molecule has 1 heterocycles. The predicted octanol–water partition coefficient (Wildman–Crippen LogP) is 4.32. The summed E-state index contributed by atoms with van der Waals surface area (Å²) >= 11 is 1.17. The molecule has 0 radical (unpaired) electrons. The molecule has 0 bridgehead atoms. The van der Waals surface area contributed by atoms with E-state index in [1.165, 1.54) is 23.5 Å². The SMILES string of the molecule is Cc1cccc(CNC(=O)c2sc(CC(=O)Nc3ccc(C)cc3F)nc2C)c1. The van der Waals surface area contributed by atoms with Crippen molar-refractivity contribution in [2.45, 2.75) is 33.7 Å². The number of carbonyl (C=O) groups excluding carboxylic acids is 2. The van der Waals surface area contributed by atoms with Crippen molar-refractivity contribution in [2.24, 2.45) is 0 Å². The second-order valence-corrected chi connectivity index (χ2v) is 7.99. The van der Waals surface area contributed by atoms with E-state index in [-0.39, 0.29) is 23.9 Å². The fourth-order valence-electron chi connectivity index (χ4n) is 2.88. The number of halogens is 1. The lowest BCUT2D eigenvalue weighted by Gasteiger charge is -2.06. The Hall–Kier alpha value is -3.06. The highest BCUT2D eigenvalue weighted by Crippen LogP contribution is 2.20. The molecule has 29 heavy (non-hydrogen) atoms. The molecular formula is C22H22FN3O2S. The quantitative estimate of drug-likeness (QED) is 0.635. The van der Waals surface area contributed by atoms with Crippen LogP contribution < -0.4 is 10.6 Å². The summed E-state index contributed by atoms with van der Waals surface area (Å²) < 4.78 is 13.9. The maximum Gasteiger partial charge on any atom is 0.263 e. The second kappa shape index (κ2) is 8.96. The minimum atomic E-state index is -0.482. The monoisotopic (exact) mass is 411 g/mol. The van der Waals surface area contributed by atoms with Gasteiger partial charge in [-0.2, -0.15) is 0 Å². The van der Waals surface area contributed by atoms with Gasteiger partial charge in [-0.15, -0.1) is 11.3 Å². The molecule has 0 spiro atoms. The van der Waals surface area contributed by atoms with E-state index in [4.69, 9.17) is 0 Å². The van der Waals surface area contributed by atoms with E-state index >= 15 is 0 Å². The summed E-state index contributed by atoms with van der Waals surface area (Å²) in [7, 11) is 0. The topological polar surface area (TPSA) is 71.1 Å². The maximum absolute atomic E-state index is 13.9. The van der Waals surface area contributed by atoms with Crippen LogP contribution in [0, 0.1) is 26.6 Å². The molecule has 1 aromatic heterocycles. The van der Waals surface area contributed by atoms with Crippen LogP contribution in [0.2, 0.25) is 0 Å². The Morgan fingerprint density at radius 1 is 1.07 bits per heavy atom. The van der Waals surface area contributed by atoms with E-state index in [1.54, 1.807) is 19.9 Å². The molecule has 2 amide bonds. The van der Waals surface area contributed by atoms with Gasteiger partial charge in [0, 0.05) is 6.54 Å². The van der Waals surface area contributed by atoms with Gasteiger partial charge in [0.1, 0.15) is 15.7 Å². The first-order valence-corrected chi connectivity index (χ1v) is 9.99. The highest BCUT2D eigenvalue weighted by Gasteiger charge is 2.17. The van der Waals surface area contributed by atoms with Crippen LogP contribution in [0.25, 0.3) is 0 Å². The van der Waals surface area contributed by atoms with Gasteiger partial charge in [-0.1, -0.05) is 35.9 Å². The molecule has 3 rings (SSSR count). The van der Waals surface area contributed by atoms with Gasteiger partial charge in [-0.25, -0.2) is 9.37 Å². The lowest BCUT2D eigenvalue weighted by molar-refractivity contribution is -0.115. The highest BCUT2D eigenvalue weighted by atomic mass is 32.1. The number of anilines is 1. The van der Waals surface area contributed by atoms with Gasteiger partial charge in [0.05, 0.1) is 17.8 Å². The molecule has 0 aliphatic heterocycles. The van der Waals surface area contributed by atoms with Crippen LogP contribution >= 0.6 is 11.3 Å². The molecule has 0 atom stereocenters. The minimum absolute atomic E-state index is 0.0238. The summed E-state index contributed by atoms with van der Waals surface area (Å²) in [5.74, 6) is -1.09. The number of carbonyl (C=O) groups is 2. The first-order valence-electron chi connectivity index (χ1n) is 9.18. The van der Waals surface area contributed by atoms with Crippen LogP contribution in [0.3, 0.4) is 0 Å². The van der Waals surface area contributed by atoms with Crippen LogP contribution in [-0.4, -0.2) is 16.8 Å². The van der Waals surface area contributed by atoms with Gasteiger partial charge in [-0.05, 0) is 44.0 Å². The maximum atomic E-state index is 13.9. The number of aryl methyl sites for hydroxylation is 3. The van der Waals surface area contributed by atoms with Crippen LogP contribution in [-0.2, 0) is 17.8 Å². The number of nitrogens with one attached hydrogen (secondary N) is 2. The van der Waals surface area contributed by atoms with E-state index in [2.05, 4.69) is 15.6 Å². The third kappa shape index (κ3) is 5.48. The van der Waals surface area contributed by atoms with E-state index in [0.717, 1.165) is 16.7 Å². The number of benzene rings is 2. The standard InChI is InChI=1S/C22H22FN3O2S/c1-13-5-4-6-16(9-13)12-24-22(28)21-15(3)25-20(29-21)11-19(27)26-18-8-7-14(2)10-17(18)23/h4-10H,11-12H2,1-3H3,(H,24,28)(H,26,27). The van der Waals surface area contributed by atoms with Gasteiger partial charge >= 0.3 is 0 Å². The van der Waals surface area contributed by atoms with Crippen LogP contribution in [0.1, 0.15) is 37.1 Å².